The molecule has 0 amide bonds. The normalized spacial score (nSPS) is 13.1. The molecular formula is C10H20O3S. The van der Waals surface area contributed by atoms with Crippen LogP contribution in [-0.4, -0.2) is 35.3 Å². The summed E-state index contributed by atoms with van der Waals surface area (Å²) in [5.41, 5.74) is 0. The molecule has 0 aliphatic carbocycles. The van der Waals surface area contributed by atoms with Gasteiger partial charge in [0.1, 0.15) is 0 Å². The lowest BCUT2D eigenvalue weighted by atomic mass is 10.2. The van der Waals surface area contributed by atoms with Crippen molar-refractivity contribution in [3.8, 4) is 0 Å². The van der Waals surface area contributed by atoms with Gasteiger partial charge in [0, 0.05) is 12.4 Å². The topological polar surface area (TPSA) is 46.5 Å². The largest absolute Gasteiger partial charge is 0.479 e. The fourth-order valence-corrected chi connectivity index (χ4v) is 2.16. The summed E-state index contributed by atoms with van der Waals surface area (Å²) in [7, 11) is 0. The van der Waals surface area contributed by atoms with Crippen molar-refractivity contribution >= 4 is 17.7 Å². The van der Waals surface area contributed by atoms with Crippen molar-refractivity contribution in [1.82, 2.24) is 0 Å². The van der Waals surface area contributed by atoms with E-state index >= 15 is 0 Å². The molecule has 84 valence electrons. The summed E-state index contributed by atoms with van der Waals surface area (Å²) in [6, 6.07) is 0. The number of hydrogen-bond donors (Lipinski definition) is 1. The highest BCUT2D eigenvalue weighted by Crippen LogP contribution is 2.11. The molecule has 0 aromatic carbocycles. The van der Waals surface area contributed by atoms with E-state index in [1.807, 2.05) is 6.92 Å². The first-order valence-electron chi connectivity index (χ1n) is 5.00. The Morgan fingerprint density at radius 3 is 2.57 bits per heavy atom. The smallest absolute Gasteiger partial charge is 0.333 e. The van der Waals surface area contributed by atoms with Gasteiger partial charge in [-0.1, -0.05) is 13.8 Å². The second-order valence-corrected chi connectivity index (χ2v) is 4.69. The maximum absolute atomic E-state index is 10.7. The van der Waals surface area contributed by atoms with E-state index < -0.39 is 12.1 Å². The van der Waals surface area contributed by atoms with Gasteiger partial charge in [-0.15, -0.1) is 0 Å². The number of hydrogen-bond acceptors (Lipinski definition) is 3. The fourth-order valence-electron chi connectivity index (χ4n) is 0.901. The molecule has 0 aromatic heterocycles. The molecule has 0 bridgehead atoms. The highest BCUT2D eigenvalue weighted by molar-refractivity contribution is 7.99. The third-order valence-electron chi connectivity index (χ3n) is 1.75. The van der Waals surface area contributed by atoms with Gasteiger partial charge in [0.2, 0.25) is 0 Å². The van der Waals surface area contributed by atoms with Crippen LogP contribution in [0.2, 0.25) is 0 Å². The summed E-state index contributed by atoms with van der Waals surface area (Å²) in [5.74, 6) is 1.38. The Labute approximate surface area is 90.2 Å². The lowest BCUT2D eigenvalue weighted by Crippen LogP contribution is -2.26. The second-order valence-electron chi connectivity index (χ2n) is 3.54. The second kappa shape index (κ2) is 8.12. The zero-order valence-electron chi connectivity index (χ0n) is 9.16. The molecule has 14 heavy (non-hydrogen) atoms. The summed E-state index contributed by atoms with van der Waals surface area (Å²) in [5, 5.41) is 8.77. The molecule has 3 nitrogen and oxygen atoms in total. The Kier molecular flexibility index (Phi) is 7.99. The average Bonchev–Trinajstić information content (AvgIpc) is 2.09. The molecule has 4 heteroatoms. The molecule has 1 atom stereocenters. The number of carboxylic acid groups (broad SMARTS) is 1. The summed E-state index contributed by atoms with van der Waals surface area (Å²) in [4.78, 5) is 10.7. The van der Waals surface area contributed by atoms with Crippen LogP contribution in [0.4, 0.5) is 0 Å². The molecule has 0 radical (unpaired) electrons. The Morgan fingerprint density at radius 2 is 2.14 bits per heavy atom. The third kappa shape index (κ3) is 7.21. The van der Waals surface area contributed by atoms with Crippen LogP contribution in [0, 0.1) is 5.92 Å². The van der Waals surface area contributed by atoms with E-state index in [1.165, 1.54) is 0 Å². The fraction of sp³-hybridized carbons (Fsp3) is 0.900. The summed E-state index contributed by atoms with van der Waals surface area (Å²) >= 11 is 1.65. The minimum Gasteiger partial charge on any atom is -0.479 e. The van der Waals surface area contributed by atoms with Crippen LogP contribution < -0.4 is 0 Å². The Bertz CT molecular complexity index is 159. The van der Waals surface area contributed by atoms with Crippen molar-refractivity contribution in [2.75, 3.05) is 18.1 Å². The van der Waals surface area contributed by atoms with Gasteiger partial charge in [-0.2, -0.15) is 11.8 Å². The summed E-state index contributed by atoms with van der Waals surface area (Å²) in [6.45, 7) is 6.60. The number of ether oxygens (including phenoxy) is 1. The molecular weight excluding hydrogens is 200 g/mol. The Morgan fingerprint density at radius 1 is 1.50 bits per heavy atom. The minimum atomic E-state index is -0.858. The van der Waals surface area contributed by atoms with Crippen LogP contribution in [0.25, 0.3) is 0 Å². The van der Waals surface area contributed by atoms with Crippen molar-refractivity contribution in [3.63, 3.8) is 0 Å². The average molecular weight is 220 g/mol. The Hall–Kier alpha value is -0.220. The third-order valence-corrected chi connectivity index (χ3v) is 2.81. The maximum Gasteiger partial charge on any atom is 0.333 e. The highest BCUT2D eigenvalue weighted by atomic mass is 32.2. The predicted molar refractivity (Wildman–Crippen MR) is 59.8 cm³/mol. The standard InChI is InChI=1S/C10H20O3S/c1-4-13-9(10(11)12)7-14-6-5-8(2)3/h8-9H,4-7H2,1-3H3,(H,11,12). The van der Waals surface area contributed by atoms with Gasteiger partial charge in [-0.25, -0.2) is 4.79 Å². The van der Waals surface area contributed by atoms with Gasteiger partial charge < -0.3 is 9.84 Å². The molecule has 1 N–H and O–H groups in total. The highest BCUT2D eigenvalue weighted by Gasteiger charge is 2.16. The molecule has 0 fully saturated rings. The summed E-state index contributed by atoms with van der Waals surface area (Å²) < 4.78 is 5.09. The molecule has 0 spiro atoms. The zero-order valence-corrected chi connectivity index (χ0v) is 9.97. The zero-order chi connectivity index (χ0) is 11.0. The van der Waals surface area contributed by atoms with Crippen molar-refractivity contribution in [2.45, 2.75) is 33.3 Å². The van der Waals surface area contributed by atoms with Crippen LogP contribution in [0.3, 0.4) is 0 Å². The van der Waals surface area contributed by atoms with Gasteiger partial charge >= 0.3 is 5.97 Å². The first-order chi connectivity index (χ1) is 6.57. The van der Waals surface area contributed by atoms with E-state index in [0.717, 1.165) is 12.2 Å². The van der Waals surface area contributed by atoms with Gasteiger partial charge in [-0.3, -0.25) is 0 Å². The summed E-state index contributed by atoms with van der Waals surface area (Å²) in [6.07, 6.45) is 0.487. The van der Waals surface area contributed by atoms with E-state index in [0.29, 0.717) is 18.3 Å². The van der Waals surface area contributed by atoms with E-state index in [4.69, 9.17) is 9.84 Å². The van der Waals surface area contributed by atoms with E-state index in [1.54, 1.807) is 11.8 Å². The van der Waals surface area contributed by atoms with Gasteiger partial charge in [0.05, 0.1) is 0 Å². The van der Waals surface area contributed by atoms with Crippen LogP contribution in [-0.2, 0) is 9.53 Å². The molecule has 0 saturated carbocycles. The SMILES string of the molecule is CCOC(CSCCC(C)C)C(=O)O. The molecule has 0 aliphatic rings. The Balaban J connectivity index is 3.56. The van der Waals surface area contributed by atoms with Gasteiger partial charge in [0.15, 0.2) is 6.10 Å². The van der Waals surface area contributed by atoms with Crippen LogP contribution in [0.1, 0.15) is 27.2 Å². The predicted octanol–water partition coefficient (Wildman–Crippen LogP) is 2.26. The minimum absolute atomic E-state index is 0.460. The van der Waals surface area contributed by atoms with E-state index in [9.17, 15) is 4.79 Å². The lowest BCUT2D eigenvalue weighted by molar-refractivity contribution is -0.148. The molecule has 0 heterocycles. The quantitative estimate of drug-likeness (QED) is 0.637. The van der Waals surface area contributed by atoms with Crippen molar-refractivity contribution in [2.24, 2.45) is 5.92 Å². The molecule has 0 aromatic rings. The van der Waals surface area contributed by atoms with Crippen molar-refractivity contribution in [1.29, 1.82) is 0 Å². The van der Waals surface area contributed by atoms with Crippen LogP contribution in [0.5, 0.6) is 0 Å². The number of aliphatic carboxylic acids is 1. The monoisotopic (exact) mass is 220 g/mol. The number of carboxylic acids is 1. The maximum atomic E-state index is 10.7. The molecule has 0 rings (SSSR count). The van der Waals surface area contributed by atoms with Gasteiger partial charge in [0.25, 0.3) is 0 Å². The lowest BCUT2D eigenvalue weighted by Gasteiger charge is -2.12. The van der Waals surface area contributed by atoms with Crippen LogP contribution in [0.15, 0.2) is 0 Å². The first kappa shape index (κ1) is 13.8. The van der Waals surface area contributed by atoms with Crippen molar-refractivity contribution < 1.29 is 14.6 Å². The first-order valence-corrected chi connectivity index (χ1v) is 6.15. The number of carbonyl (C=O) groups is 1. The van der Waals surface area contributed by atoms with Gasteiger partial charge in [-0.05, 0) is 25.0 Å². The molecule has 0 saturated heterocycles. The molecule has 0 aliphatic heterocycles. The van der Waals surface area contributed by atoms with Crippen LogP contribution >= 0.6 is 11.8 Å². The number of rotatable bonds is 8. The van der Waals surface area contributed by atoms with E-state index in [-0.39, 0.29) is 0 Å². The number of thioether (sulfide) groups is 1. The van der Waals surface area contributed by atoms with Crippen molar-refractivity contribution in [3.05, 3.63) is 0 Å². The molecule has 1 unspecified atom stereocenters. The van der Waals surface area contributed by atoms with E-state index in [2.05, 4.69) is 13.8 Å².